The van der Waals surface area contributed by atoms with Gasteiger partial charge in [-0.1, -0.05) is 26.0 Å². The van der Waals surface area contributed by atoms with Crippen molar-refractivity contribution < 1.29 is 15.8 Å². The minimum Gasteiger partial charge on any atom is -0.426 e. The van der Waals surface area contributed by atoms with Crippen LogP contribution in [-0.4, -0.2) is 11.9 Å². The highest BCUT2D eigenvalue weighted by molar-refractivity contribution is 6.04. The Morgan fingerprint density at radius 2 is 1.74 bits per heavy atom. The number of aryl methyl sites for hydroxylation is 1. The summed E-state index contributed by atoms with van der Waals surface area (Å²) in [7, 11) is 0. The molecule has 4 heteroatoms. The van der Waals surface area contributed by atoms with Gasteiger partial charge in [0.1, 0.15) is 5.75 Å². The Labute approximate surface area is 162 Å². The number of amides is 1. The summed E-state index contributed by atoms with van der Waals surface area (Å²) in [6.07, 6.45) is 5.98. The van der Waals surface area contributed by atoms with Gasteiger partial charge in [0, 0.05) is 12.7 Å². The first-order valence-corrected chi connectivity index (χ1v) is 9.86. The molecule has 4 nitrogen and oxygen atoms in total. The lowest BCUT2D eigenvalue weighted by atomic mass is 9.90. The van der Waals surface area contributed by atoms with Crippen molar-refractivity contribution in [3.05, 3.63) is 59.2 Å². The number of benzene rings is 2. The molecule has 0 heterocycles. The molecule has 2 aromatic rings. The Bertz CT molecular complexity index is 813. The number of esters is 1. The number of carbonyl (C=O) groups excluding carboxylic acids is 2. The molecule has 144 valence electrons. The van der Waals surface area contributed by atoms with Crippen LogP contribution in [0.3, 0.4) is 0 Å². The lowest BCUT2D eigenvalue weighted by molar-refractivity contribution is -0.139. The Hall–Kier alpha value is -2.62. The second-order valence-corrected chi connectivity index (χ2v) is 7.06. The minimum absolute atomic E-state index is 0. The van der Waals surface area contributed by atoms with E-state index in [9.17, 15) is 9.59 Å². The molecular weight excluding hydrogens is 338 g/mol. The molecule has 0 aliphatic heterocycles. The zero-order chi connectivity index (χ0) is 19.2. The molecule has 3 rings (SSSR count). The smallest absolute Gasteiger partial charge is 0.314 e. The zero-order valence-electron chi connectivity index (χ0n) is 16.1. The first kappa shape index (κ1) is 19.2. The van der Waals surface area contributed by atoms with Crippen LogP contribution in [0.15, 0.2) is 42.5 Å². The molecular formula is C23H29NO3. The average Bonchev–Trinajstić information content (AvgIpc) is 2.70. The van der Waals surface area contributed by atoms with Crippen molar-refractivity contribution in [2.24, 2.45) is 5.92 Å². The van der Waals surface area contributed by atoms with Gasteiger partial charge < -0.3 is 10.1 Å². The fraction of sp³-hybridized carbons (Fsp3) is 0.391. The standard InChI is InChI=1S/C23H27NO3.H2/c1-3-16(4-2)23(26)27-19-14-12-18(13-15-19)22(25)24-21-11-7-9-17-8-5-6-10-20(17)21;/h7,9,11-16H,3-6,8,10H2,1-2H3,(H,24,25);1H. The third-order valence-electron chi connectivity index (χ3n) is 5.30. The summed E-state index contributed by atoms with van der Waals surface area (Å²) in [6.45, 7) is 3.95. The maximum absolute atomic E-state index is 12.6. The maximum atomic E-state index is 12.6. The van der Waals surface area contributed by atoms with Crippen molar-refractivity contribution in [2.75, 3.05) is 5.32 Å². The highest BCUT2D eigenvalue weighted by Crippen LogP contribution is 2.28. The molecule has 0 atom stereocenters. The highest BCUT2D eigenvalue weighted by atomic mass is 16.5. The number of hydrogen-bond donors (Lipinski definition) is 1. The van der Waals surface area contributed by atoms with Crippen LogP contribution >= 0.6 is 0 Å². The summed E-state index contributed by atoms with van der Waals surface area (Å²) in [6, 6.07) is 12.9. The van der Waals surface area contributed by atoms with Crippen molar-refractivity contribution in [1.29, 1.82) is 0 Å². The van der Waals surface area contributed by atoms with E-state index in [4.69, 9.17) is 4.74 Å². The molecule has 0 radical (unpaired) electrons. The number of hydrogen-bond acceptors (Lipinski definition) is 3. The van der Waals surface area contributed by atoms with E-state index in [-0.39, 0.29) is 19.2 Å². The number of fused-ring (bicyclic) bond motifs is 1. The van der Waals surface area contributed by atoms with E-state index in [1.54, 1.807) is 24.3 Å². The van der Waals surface area contributed by atoms with Gasteiger partial charge in [0.2, 0.25) is 0 Å². The topological polar surface area (TPSA) is 55.4 Å². The van der Waals surface area contributed by atoms with Crippen LogP contribution in [0.4, 0.5) is 5.69 Å². The molecule has 1 amide bonds. The molecule has 27 heavy (non-hydrogen) atoms. The van der Waals surface area contributed by atoms with Gasteiger partial charge in [0.05, 0.1) is 5.92 Å². The van der Waals surface area contributed by atoms with Crippen molar-refractivity contribution in [3.63, 3.8) is 0 Å². The van der Waals surface area contributed by atoms with Gasteiger partial charge in [-0.15, -0.1) is 0 Å². The van der Waals surface area contributed by atoms with Gasteiger partial charge in [-0.2, -0.15) is 0 Å². The van der Waals surface area contributed by atoms with E-state index in [0.717, 1.165) is 37.8 Å². The number of carbonyl (C=O) groups is 2. The summed E-state index contributed by atoms with van der Waals surface area (Å²) < 4.78 is 5.42. The van der Waals surface area contributed by atoms with Gasteiger partial charge in [-0.05, 0) is 80.0 Å². The van der Waals surface area contributed by atoms with Crippen molar-refractivity contribution in [3.8, 4) is 5.75 Å². The summed E-state index contributed by atoms with van der Waals surface area (Å²) in [4.78, 5) is 24.7. The van der Waals surface area contributed by atoms with Crippen molar-refractivity contribution in [2.45, 2.75) is 52.4 Å². The number of nitrogens with one attached hydrogen (secondary N) is 1. The Morgan fingerprint density at radius 1 is 1.04 bits per heavy atom. The molecule has 1 N–H and O–H groups in total. The van der Waals surface area contributed by atoms with Crippen molar-refractivity contribution >= 4 is 17.6 Å². The maximum Gasteiger partial charge on any atom is 0.314 e. The van der Waals surface area contributed by atoms with Gasteiger partial charge in [0.15, 0.2) is 0 Å². The summed E-state index contributed by atoms with van der Waals surface area (Å²) in [5, 5.41) is 3.04. The number of ether oxygens (including phenoxy) is 1. The molecule has 0 unspecified atom stereocenters. The molecule has 0 bridgehead atoms. The first-order valence-electron chi connectivity index (χ1n) is 9.86. The molecule has 0 spiro atoms. The SMILES string of the molecule is CCC(CC)C(=O)Oc1ccc(C(=O)Nc2cccc3c2CCCC3)cc1.[HH]. The third kappa shape index (κ3) is 4.57. The van der Waals surface area contributed by atoms with Gasteiger partial charge >= 0.3 is 5.97 Å². The van der Waals surface area contributed by atoms with Crippen LogP contribution in [0, 0.1) is 5.92 Å². The van der Waals surface area contributed by atoms with Crippen LogP contribution in [0.25, 0.3) is 0 Å². The number of anilines is 1. The minimum atomic E-state index is -0.215. The van der Waals surface area contributed by atoms with Crippen LogP contribution in [0.2, 0.25) is 0 Å². The normalized spacial score (nSPS) is 13.1. The molecule has 2 aromatic carbocycles. The third-order valence-corrected chi connectivity index (χ3v) is 5.30. The van der Waals surface area contributed by atoms with E-state index >= 15 is 0 Å². The summed E-state index contributed by atoms with van der Waals surface area (Å²) >= 11 is 0. The van der Waals surface area contributed by atoms with Gasteiger partial charge in [0.25, 0.3) is 5.91 Å². The molecule has 0 aromatic heterocycles. The molecule has 0 saturated carbocycles. The molecule has 1 aliphatic carbocycles. The Balaban J connectivity index is 0.00000280. The fourth-order valence-electron chi connectivity index (χ4n) is 3.59. The van der Waals surface area contributed by atoms with Crippen LogP contribution in [0.5, 0.6) is 5.75 Å². The van der Waals surface area contributed by atoms with E-state index in [0.29, 0.717) is 11.3 Å². The van der Waals surface area contributed by atoms with Crippen LogP contribution in [-0.2, 0) is 17.6 Å². The Kier molecular flexibility index (Phi) is 6.28. The lowest BCUT2D eigenvalue weighted by Gasteiger charge is -2.19. The predicted molar refractivity (Wildman–Crippen MR) is 109 cm³/mol. The summed E-state index contributed by atoms with van der Waals surface area (Å²) in [5.41, 5.74) is 4.04. The quantitative estimate of drug-likeness (QED) is 0.549. The van der Waals surface area contributed by atoms with Crippen LogP contribution in [0.1, 0.15) is 62.4 Å². The lowest BCUT2D eigenvalue weighted by Crippen LogP contribution is -2.19. The molecule has 0 saturated heterocycles. The van der Waals surface area contributed by atoms with E-state index in [1.807, 2.05) is 26.0 Å². The van der Waals surface area contributed by atoms with E-state index < -0.39 is 0 Å². The van der Waals surface area contributed by atoms with Crippen LogP contribution < -0.4 is 10.1 Å². The van der Waals surface area contributed by atoms with Gasteiger partial charge in [-0.25, -0.2) is 0 Å². The first-order chi connectivity index (χ1) is 13.1. The highest BCUT2D eigenvalue weighted by Gasteiger charge is 2.17. The Morgan fingerprint density at radius 3 is 2.44 bits per heavy atom. The monoisotopic (exact) mass is 367 g/mol. The second kappa shape index (κ2) is 8.85. The second-order valence-electron chi connectivity index (χ2n) is 7.06. The molecule has 1 aliphatic rings. The average molecular weight is 367 g/mol. The van der Waals surface area contributed by atoms with Gasteiger partial charge in [-0.3, -0.25) is 9.59 Å². The largest absolute Gasteiger partial charge is 0.426 e. The van der Waals surface area contributed by atoms with E-state index in [2.05, 4.69) is 11.4 Å². The summed E-state index contributed by atoms with van der Waals surface area (Å²) in [5.74, 6) is 0.0257. The van der Waals surface area contributed by atoms with Crippen molar-refractivity contribution in [1.82, 2.24) is 0 Å². The number of rotatable bonds is 6. The fourth-order valence-corrected chi connectivity index (χ4v) is 3.59. The molecule has 0 fully saturated rings. The van der Waals surface area contributed by atoms with E-state index in [1.165, 1.54) is 17.5 Å². The zero-order valence-corrected chi connectivity index (χ0v) is 16.1. The predicted octanol–water partition coefficient (Wildman–Crippen LogP) is 5.41.